The SMILES string of the molecule is C(#C[Si](c1ccccc1)(c1ccccc1)c1ccc2oc3ccccc3c2c1)c1c2ccccc2c(C2CCCCC2)c2ccccc12. The molecule has 1 aromatic heterocycles. The Morgan fingerprint density at radius 2 is 0.979 bits per heavy atom. The molecule has 0 aliphatic heterocycles. The Balaban J connectivity index is 1.37. The van der Waals surface area contributed by atoms with E-state index in [1.807, 2.05) is 6.07 Å². The molecule has 7 aromatic carbocycles. The molecule has 8 aromatic rings. The summed E-state index contributed by atoms with van der Waals surface area (Å²) in [6.45, 7) is 0. The van der Waals surface area contributed by atoms with Crippen molar-refractivity contribution in [2.75, 3.05) is 0 Å². The lowest BCUT2D eigenvalue weighted by Gasteiger charge is -2.28. The fraction of sp³-hybridized carbons (Fsp3) is 0.130. The van der Waals surface area contributed by atoms with Crippen LogP contribution in [0.1, 0.15) is 49.1 Å². The molecule has 0 amide bonds. The number of rotatable bonds is 4. The van der Waals surface area contributed by atoms with Crippen molar-refractivity contribution in [1.29, 1.82) is 0 Å². The van der Waals surface area contributed by atoms with Gasteiger partial charge in [-0.2, -0.15) is 0 Å². The maximum absolute atomic E-state index is 6.30. The smallest absolute Gasteiger partial charge is 0.230 e. The lowest BCUT2D eigenvalue weighted by Crippen LogP contribution is -2.66. The van der Waals surface area contributed by atoms with Crippen LogP contribution in [0.2, 0.25) is 0 Å². The second kappa shape index (κ2) is 12.0. The van der Waals surface area contributed by atoms with Crippen molar-refractivity contribution >= 4 is 67.1 Å². The molecule has 1 aliphatic rings. The van der Waals surface area contributed by atoms with E-state index in [2.05, 4.69) is 157 Å². The third kappa shape index (κ3) is 4.69. The highest BCUT2D eigenvalue weighted by Crippen LogP contribution is 2.42. The van der Waals surface area contributed by atoms with Crippen LogP contribution in [0.15, 0.2) is 156 Å². The molecular weight excluding hydrogens is 597 g/mol. The summed E-state index contributed by atoms with van der Waals surface area (Å²) in [6, 6.07) is 55.2. The van der Waals surface area contributed by atoms with Crippen molar-refractivity contribution in [2.24, 2.45) is 0 Å². The fourth-order valence-electron chi connectivity index (χ4n) is 8.34. The molecule has 0 bridgehead atoms. The summed E-state index contributed by atoms with van der Waals surface area (Å²) in [7, 11) is -2.91. The first-order valence-electron chi connectivity index (χ1n) is 17.3. The number of para-hydroxylation sites is 1. The molecule has 0 N–H and O–H groups in total. The zero-order valence-corrected chi connectivity index (χ0v) is 28.0. The highest BCUT2D eigenvalue weighted by molar-refractivity contribution is 7.17. The quantitative estimate of drug-likeness (QED) is 0.0815. The van der Waals surface area contributed by atoms with Gasteiger partial charge in [-0.3, -0.25) is 0 Å². The second-order valence-electron chi connectivity index (χ2n) is 13.3. The summed E-state index contributed by atoms with van der Waals surface area (Å²) in [5.74, 6) is 4.56. The molecule has 1 heterocycles. The van der Waals surface area contributed by atoms with E-state index in [-0.39, 0.29) is 0 Å². The highest BCUT2D eigenvalue weighted by Gasteiger charge is 2.39. The average molecular weight is 633 g/mol. The Morgan fingerprint density at radius 1 is 0.458 bits per heavy atom. The van der Waals surface area contributed by atoms with Crippen LogP contribution >= 0.6 is 0 Å². The minimum atomic E-state index is -2.91. The number of hydrogen-bond acceptors (Lipinski definition) is 1. The summed E-state index contributed by atoms with van der Waals surface area (Å²) >= 11 is 0. The van der Waals surface area contributed by atoms with Gasteiger partial charge in [-0.25, -0.2) is 0 Å². The van der Waals surface area contributed by atoms with Gasteiger partial charge in [0.1, 0.15) is 11.2 Å². The summed E-state index contributed by atoms with van der Waals surface area (Å²) in [6.07, 6.45) is 6.51. The summed E-state index contributed by atoms with van der Waals surface area (Å²) in [4.78, 5) is 0. The van der Waals surface area contributed by atoms with Crippen molar-refractivity contribution in [3.05, 3.63) is 163 Å². The lowest BCUT2D eigenvalue weighted by molar-refractivity contribution is 0.447. The second-order valence-corrected chi connectivity index (χ2v) is 16.7. The van der Waals surface area contributed by atoms with Crippen LogP contribution in [0.25, 0.3) is 43.5 Å². The van der Waals surface area contributed by atoms with Gasteiger partial charge in [-0.05, 0) is 79.6 Å². The highest BCUT2D eigenvalue weighted by atomic mass is 28.3. The third-order valence-electron chi connectivity index (χ3n) is 10.6. The van der Waals surface area contributed by atoms with Crippen LogP contribution in [-0.2, 0) is 0 Å². The van der Waals surface area contributed by atoms with E-state index < -0.39 is 8.07 Å². The summed E-state index contributed by atoms with van der Waals surface area (Å²) < 4.78 is 6.30. The molecule has 0 radical (unpaired) electrons. The third-order valence-corrected chi connectivity index (χ3v) is 14.7. The van der Waals surface area contributed by atoms with Crippen LogP contribution in [0.3, 0.4) is 0 Å². The number of hydrogen-bond donors (Lipinski definition) is 0. The van der Waals surface area contributed by atoms with Crippen molar-refractivity contribution in [1.82, 2.24) is 0 Å². The van der Waals surface area contributed by atoms with Crippen molar-refractivity contribution < 1.29 is 4.42 Å². The van der Waals surface area contributed by atoms with Gasteiger partial charge in [-0.15, -0.1) is 5.54 Å². The first-order valence-corrected chi connectivity index (χ1v) is 19.3. The zero-order valence-electron chi connectivity index (χ0n) is 27.0. The van der Waals surface area contributed by atoms with Crippen molar-refractivity contribution in [3.8, 4) is 11.5 Å². The van der Waals surface area contributed by atoms with E-state index in [0.717, 1.165) is 27.5 Å². The van der Waals surface area contributed by atoms with Gasteiger partial charge < -0.3 is 4.42 Å². The van der Waals surface area contributed by atoms with Crippen molar-refractivity contribution in [3.63, 3.8) is 0 Å². The van der Waals surface area contributed by atoms with Crippen LogP contribution in [0.5, 0.6) is 0 Å². The van der Waals surface area contributed by atoms with Gasteiger partial charge in [0.2, 0.25) is 8.07 Å². The molecule has 0 saturated heterocycles. The minimum Gasteiger partial charge on any atom is -0.456 e. The Bertz CT molecular complexity index is 2400. The molecule has 0 atom stereocenters. The van der Waals surface area contributed by atoms with E-state index in [0.29, 0.717) is 5.92 Å². The van der Waals surface area contributed by atoms with Gasteiger partial charge in [0.05, 0.1) is 0 Å². The van der Waals surface area contributed by atoms with Gasteiger partial charge >= 0.3 is 0 Å². The normalized spacial score (nSPS) is 14.0. The zero-order chi connectivity index (χ0) is 31.9. The Kier molecular flexibility index (Phi) is 7.22. The molecule has 48 heavy (non-hydrogen) atoms. The van der Waals surface area contributed by atoms with Gasteiger partial charge in [-0.1, -0.05) is 159 Å². The Labute approximate surface area is 282 Å². The van der Waals surface area contributed by atoms with Gasteiger partial charge in [0.25, 0.3) is 0 Å². The summed E-state index contributed by atoms with van der Waals surface area (Å²) in [5.41, 5.74) is 8.63. The largest absolute Gasteiger partial charge is 0.456 e. The molecule has 1 aliphatic carbocycles. The molecule has 2 heteroatoms. The molecule has 9 rings (SSSR count). The molecule has 0 spiro atoms. The van der Waals surface area contributed by atoms with Crippen LogP contribution in [0.4, 0.5) is 0 Å². The van der Waals surface area contributed by atoms with Gasteiger partial charge in [0.15, 0.2) is 0 Å². The average Bonchev–Trinajstić information content (AvgIpc) is 3.54. The molecule has 1 nitrogen and oxygen atoms in total. The first kappa shape index (κ1) is 28.8. The van der Waals surface area contributed by atoms with Crippen LogP contribution in [0, 0.1) is 11.5 Å². The fourth-order valence-corrected chi connectivity index (χ4v) is 12.2. The maximum atomic E-state index is 6.30. The van der Waals surface area contributed by atoms with E-state index in [9.17, 15) is 0 Å². The summed E-state index contributed by atoms with van der Waals surface area (Å²) in [5, 5.41) is 11.4. The predicted molar refractivity (Wildman–Crippen MR) is 205 cm³/mol. The van der Waals surface area contributed by atoms with Crippen LogP contribution < -0.4 is 15.6 Å². The number of benzene rings is 7. The van der Waals surface area contributed by atoms with E-state index >= 15 is 0 Å². The topological polar surface area (TPSA) is 13.1 Å². The molecule has 0 unspecified atom stereocenters. The predicted octanol–water partition coefficient (Wildman–Crippen LogP) is 10.0. The van der Waals surface area contributed by atoms with E-state index in [4.69, 9.17) is 4.42 Å². The number of furan rings is 1. The Hall–Kier alpha value is -5.36. The first-order chi connectivity index (χ1) is 23.8. The van der Waals surface area contributed by atoms with E-state index in [1.165, 1.54) is 74.8 Å². The molecular formula is C46H36OSi. The maximum Gasteiger partial charge on any atom is 0.230 e. The van der Waals surface area contributed by atoms with Crippen LogP contribution in [-0.4, -0.2) is 8.07 Å². The Morgan fingerprint density at radius 3 is 1.60 bits per heavy atom. The van der Waals surface area contributed by atoms with Gasteiger partial charge in [0, 0.05) is 16.3 Å². The molecule has 1 fully saturated rings. The molecule has 230 valence electrons. The minimum absolute atomic E-state index is 0.592. The molecule has 1 saturated carbocycles. The monoisotopic (exact) mass is 632 g/mol. The lowest BCUT2D eigenvalue weighted by atomic mass is 9.78. The van der Waals surface area contributed by atoms with E-state index in [1.54, 1.807) is 0 Å². The standard InChI is InChI=1S/C46H36OSi/c1-4-16-33(17-5-1)46-41-25-12-10-22-37(41)39(38-23-11-13-26-42(38)46)30-31-48(34-18-6-2-7-19-34,35-20-8-3-9-21-35)36-28-29-45-43(32-36)40-24-14-15-27-44(40)47-45/h2-3,6-15,18-29,32-33H,1,4-5,16-17H2. The van der Waals surface area contributed by atoms with Crippen molar-refractivity contribution in [2.45, 2.75) is 38.0 Å². The number of fused-ring (bicyclic) bond motifs is 5.